The zero-order valence-corrected chi connectivity index (χ0v) is 15.6. The molecule has 1 aromatic carbocycles. The Morgan fingerprint density at radius 3 is 2.81 bits per heavy atom. The monoisotopic (exact) mass is 359 g/mol. The zero-order chi connectivity index (χ0) is 18.1. The predicted octanol–water partition coefficient (Wildman–Crippen LogP) is 0.584. The normalized spacial score (nSPS) is 29.2. The van der Waals surface area contributed by atoms with Crippen LogP contribution in [0.1, 0.15) is 5.56 Å². The van der Waals surface area contributed by atoms with Gasteiger partial charge in [-0.2, -0.15) is 0 Å². The van der Waals surface area contributed by atoms with Crippen LogP contribution in [0.15, 0.2) is 24.3 Å². The number of hydrogen-bond acceptors (Lipinski definition) is 5. The summed E-state index contributed by atoms with van der Waals surface area (Å²) in [6.45, 7) is 9.03. The second-order valence-electron chi connectivity index (χ2n) is 8.11. The van der Waals surface area contributed by atoms with E-state index in [0.29, 0.717) is 26.3 Å². The van der Waals surface area contributed by atoms with Crippen LogP contribution in [0.5, 0.6) is 0 Å². The molecule has 0 unspecified atom stereocenters. The van der Waals surface area contributed by atoms with Gasteiger partial charge in [-0.15, -0.1) is 0 Å². The Morgan fingerprint density at radius 2 is 2.12 bits per heavy atom. The molecule has 1 aromatic rings. The van der Waals surface area contributed by atoms with Gasteiger partial charge in [0.15, 0.2) is 0 Å². The molecule has 6 heteroatoms. The molecule has 0 spiro atoms. The highest BCUT2D eigenvalue weighted by Gasteiger charge is 2.51. The molecule has 1 N–H and O–H groups in total. The first kappa shape index (κ1) is 17.8. The van der Waals surface area contributed by atoms with E-state index >= 15 is 0 Å². The number of aryl methyl sites for hydroxylation is 1. The number of anilines is 1. The average molecular weight is 359 g/mol. The second-order valence-corrected chi connectivity index (χ2v) is 8.11. The summed E-state index contributed by atoms with van der Waals surface area (Å²) in [5, 5.41) is 9.77. The van der Waals surface area contributed by atoms with E-state index in [1.54, 1.807) is 0 Å². The van der Waals surface area contributed by atoms with Crippen LogP contribution < -0.4 is 4.90 Å². The summed E-state index contributed by atoms with van der Waals surface area (Å²) in [6.07, 6.45) is 0. The Morgan fingerprint density at radius 1 is 1.31 bits per heavy atom. The van der Waals surface area contributed by atoms with Gasteiger partial charge in [0, 0.05) is 56.3 Å². The minimum Gasteiger partial charge on any atom is -0.396 e. The number of hydrogen-bond donors (Lipinski definition) is 1. The number of aliphatic hydroxyl groups excluding tert-OH is 1. The van der Waals surface area contributed by atoms with Gasteiger partial charge in [-0.25, -0.2) is 0 Å². The fourth-order valence-corrected chi connectivity index (χ4v) is 4.53. The molecule has 1 amide bonds. The van der Waals surface area contributed by atoms with E-state index in [4.69, 9.17) is 4.74 Å². The molecule has 3 aliphatic rings. The van der Waals surface area contributed by atoms with E-state index in [9.17, 15) is 9.90 Å². The third kappa shape index (κ3) is 3.33. The molecule has 0 saturated carbocycles. The number of piperazine rings is 1. The summed E-state index contributed by atoms with van der Waals surface area (Å²) < 4.78 is 5.53. The molecule has 6 nitrogen and oxygen atoms in total. The topological polar surface area (TPSA) is 56.2 Å². The first-order valence-corrected chi connectivity index (χ1v) is 9.60. The van der Waals surface area contributed by atoms with E-state index in [1.165, 1.54) is 11.3 Å². The van der Waals surface area contributed by atoms with Crippen LogP contribution in [0.25, 0.3) is 0 Å². The maximum Gasteiger partial charge on any atom is 0.236 e. The molecule has 4 rings (SSSR count). The van der Waals surface area contributed by atoms with E-state index in [-0.39, 0.29) is 23.8 Å². The van der Waals surface area contributed by atoms with Gasteiger partial charge < -0.3 is 19.6 Å². The van der Waals surface area contributed by atoms with E-state index in [1.807, 2.05) is 4.90 Å². The van der Waals surface area contributed by atoms with Gasteiger partial charge in [0.1, 0.15) is 0 Å². The minimum absolute atomic E-state index is 0.108. The maximum atomic E-state index is 12.7. The lowest BCUT2D eigenvalue weighted by molar-refractivity contribution is -0.132. The van der Waals surface area contributed by atoms with Crippen LogP contribution in [-0.4, -0.2) is 86.4 Å². The molecule has 0 radical (unpaired) electrons. The molecule has 0 aromatic heterocycles. The summed E-state index contributed by atoms with van der Waals surface area (Å²) in [4.78, 5) is 19.3. The van der Waals surface area contributed by atoms with Crippen LogP contribution in [0.4, 0.5) is 5.69 Å². The Hall–Kier alpha value is -1.63. The summed E-state index contributed by atoms with van der Waals surface area (Å²) in [7, 11) is 0. The van der Waals surface area contributed by atoms with Gasteiger partial charge in [0.05, 0.1) is 26.4 Å². The fourth-order valence-electron chi connectivity index (χ4n) is 4.53. The van der Waals surface area contributed by atoms with Gasteiger partial charge in [0.2, 0.25) is 5.91 Å². The summed E-state index contributed by atoms with van der Waals surface area (Å²) in [6, 6.07) is 8.60. The van der Waals surface area contributed by atoms with E-state index in [0.717, 1.165) is 32.7 Å². The quantitative estimate of drug-likeness (QED) is 0.853. The van der Waals surface area contributed by atoms with Crippen molar-refractivity contribution < 1.29 is 14.6 Å². The Bertz CT molecular complexity index is 659. The van der Waals surface area contributed by atoms with Crippen molar-refractivity contribution >= 4 is 11.6 Å². The van der Waals surface area contributed by atoms with E-state index < -0.39 is 0 Å². The molecule has 3 aliphatic heterocycles. The lowest BCUT2D eigenvalue weighted by atomic mass is 9.82. The minimum atomic E-state index is -0.223. The Labute approximate surface area is 155 Å². The number of rotatable bonds is 4. The molecule has 3 saturated heterocycles. The summed E-state index contributed by atoms with van der Waals surface area (Å²) >= 11 is 0. The number of aliphatic hydroxyl groups is 1. The number of likely N-dealkylation sites (tertiary alicyclic amines) is 1. The maximum absolute atomic E-state index is 12.7. The number of amides is 1. The average Bonchev–Trinajstić information content (AvgIpc) is 3.20. The Kier molecular flexibility index (Phi) is 4.90. The van der Waals surface area contributed by atoms with Gasteiger partial charge in [-0.05, 0) is 24.6 Å². The lowest BCUT2D eigenvalue weighted by Crippen LogP contribution is -2.50. The molecule has 3 fully saturated rings. The lowest BCUT2D eigenvalue weighted by Gasteiger charge is -2.36. The number of ether oxygens (including phenoxy) is 1. The number of carbonyl (C=O) groups is 1. The van der Waals surface area contributed by atoms with Crippen molar-refractivity contribution in [2.24, 2.45) is 11.3 Å². The first-order valence-electron chi connectivity index (χ1n) is 9.60. The van der Waals surface area contributed by atoms with Crippen molar-refractivity contribution in [1.82, 2.24) is 9.80 Å². The van der Waals surface area contributed by atoms with Crippen molar-refractivity contribution in [3.8, 4) is 0 Å². The number of fused-ring (bicyclic) bond motifs is 1. The summed E-state index contributed by atoms with van der Waals surface area (Å²) in [5.41, 5.74) is 2.33. The fraction of sp³-hybridized carbons (Fsp3) is 0.650. The second kappa shape index (κ2) is 7.18. The molecule has 0 bridgehead atoms. The predicted molar refractivity (Wildman–Crippen MR) is 100 cm³/mol. The van der Waals surface area contributed by atoms with Crippen molar-refractivity contribution in [1.29, 1.82) is 0 Å². The van der Waals surface area contributed by atoms with Crippen LogP contribution in [-0.2, 0) is 9.53 Å². The highest BCUT2D eigenvalue weighted by atomic mass is 16.5. The van der Waals surface area contributed by atoms with E-state index in [2.05, 4.69) is 41.0 Å². The van der Waals surface area contributed by atoms with Crippen LogP contribution >= 0.6 is 0 Å². The molecule has 0 aliphatic carbocycles. The molecule has 3 heterocycles. The van der Waals surface area contributed by atoms with Gasteiger partial charge in [0.25, 0.3) is 0 Å². The van der Waals surface area contributed by atoms with Gasteiger partial charge >= 0.3 is 0 Å². The number of carbonyl (C=O) groups excluding carboxylic acids is 1. The number of benzene rings is 1. The van der Waals surface area contributed by atoms with Crippen molar-refractivity contribution in [2.75, 3.05) is 70.5 Å². The van der Waals surface area contributed by atoms with Crippen LogP contribution in [0.2, 0.25) is 0 Å². The largest absolute Gasteiger partial charge is 0.396 e. The smallest absolute Gasteiger partial charge is 0.236 e. The molecule has 2 atom stereocenters. The molecular formula is C20H29N3O3. The molecule has 142 valence electrons. The highest BCUT2D eigenvalue weighted by Crippen LogP contribution is 2.40. The zero-order valence-electron chi connectivity index (χ0n) is 15.6. The van der Waals surface area contributed by atoms with Gasteiger partial charge in [-0.1, -0.05) is 12.1 Å². The SMILES string of the molecule is Cc1cccc(N2CCN(CC(=O)N3C[C@H]4COC[C@@]4(CO)C3)CC2)c1. The summed E-state index contributed by atoms with van der Waals surface area (Å²) in [5.74, 6) is 0.478. The standard InChI is InChI=1S/C20H29N3O3/c1-16-3-2-4-18(9-16)22-7-5-21(6-8-22)11-19(25)23-10-17-12-26-15-20(17,13-23)14-24/h2-4,9,17,24H,5-8,10-15H2,1H3/t17-,20-/m0/s1. The van der Waals surface area contributed by atoms with Crippen LogP contribution in [0, 0.1) is 18.3 Å². The third-order valence-electron chi connectivity index (χ3n) is 6.29. The highest BCUT2D eigenvalue weighted by molar-refractivity contribution is 5.78. The Balaban J connectivity index is 1.29. The van der Waals surface area contributed by atoms with Crippen molar-refractivity contribution in [2.45, 2.75) is 6.92 Å². The van der Waals surface area contributed by atoms with Gasteiger partial charge in [-0.3, -0.25) is 9.69 Å². The molecular weight excluding hydrogens is 330 g/mol. The molecule has 26 heavy (non-hydrogen) atoms. The van der Waals surface area contributed by atoms with Crippen molar-refractivity contribution in [3.05, 3.63) is 29.8 Å². The first-order chi connectivity index (χ1) is 12.6. The third-order valence-corrected chi connectivity index (χ3v) is 6.29. The number of nitrogens with zero attached hydrogens (tertiary/aromatic N) is 3. The van der Waals surface area contributed by atoms with Crippen LogP contribution in [0.3, 0.4) is 0 Å². The van der Waals surface area contributed by atoms with Crippen molar-refractivity contribution in [3.63, 3.8) is 0 Å².